The van der Waals surface area contributed by atoms with Crippen molar-refractivity contribution in [3.63, 3.8) is 0 Å². The van der Waals surface area contributed by atoms with Gasteiger partial charge in [-0.05, 0) is 19.1 Å². The van der Waals surface area contributed by atoms with Crippen LogP contribution in [0.2, 0.25) is 0 Å². The average Bonchev–Trinajstić information content (AvgIpc) is 2.94. The van der Waals surface area contributed by atoms with Gasteiger partial charge in [0.1, 0.15) is 5.75 Å². The highest BCUT2D eigenvalue weighted by Gasteiger charge is 2.11. The van der Waals surface area contributed by atoms with Crippen LogP contribution in [0.15, 0.2) is 23.7 Å². The molecule has 2 aromatic heterocycles. The molecule has 0 amide bonds. The maximum Gasteiger partial charge on any atom is 0.201 e. The Hall–Kier alpha value is -2.08. The minimum atomic E-state index is 0.510. The zero-order valence-corrected chi connectivity index (χ0v) is 11.6. The van der Waals surface area contributed by atoms with Gasteiger partial charge in [0, 0.05) is 10.9 Å². The van der Waals surface area contributed by atoms with Gasteiger partial charge in [0.2, 0.25) is 5.95 Å². The first-order valence-electron chi connectivity index (χ1n) is 5.87. The molecule has 0 radical (unpaired) electrons. The number of ether oxygens (including phenoxy) is 1. The fraction of sp³-hybridized carbons (Fsp3) is 0.231. The average molecular weight is 274 g/mol. The molecule has 0 bridgehead atoms. The van der Waals surface area contributed by atoms with Gasteiger partial charge in [-0.25, -0.2) is 9.97 Å². The summed E-state index contributed by atoms with van der Waals surface area (Å²) in [6.07, 6.45) is 0. The summed E-state index contributed by atoms with van der Waals surface area (Å²) in [7, 11) is 1.65. The predicted octanol–water partition coefficient (Wildman–Crippen LogP) is 2.44. The van der Waals surface area contributed by atoms with Crippen molar-refractivity contribution < 1.29 is 4.74 Å². The van der Waals surface area contributed by atoms with E-state index in [-0.39, 0.29) is 0 Å². The van der Waals surface area contributed by atoms with Crippen molar-refractivity contribution in [2.24, 2.45) is 0 Å². The molecule has 3 rings (SSSR count). The minimum Gasteiger partial charge on any atom is -0.497 e. The van der Waals surface area contributed by atoms with E-state index in [4.69, 9.17) is 10.5 Å². The summed E-state index contributed by atoms with van der Waals surface area (Å²) in [5, 5.41) is 0. The topological polar surface area (TPSA) is 66.0 Å². The monoisotopic (exact) mass is 274 g/mol. The first-order chi connectivity index (χ1) is 9.19. The number of fused-ring (bicyclic) bond motifs is 1. The molecule has 0 aliphatic carbocycles. The molecule has 98 valence electrons. The lowest BCUT2D eigenvalue weighted by Crippen LogP contribution is -2.04. The van der Waals surface area contributed by atoms with Crippen molar-refractivity contribution >= 4 is 28.3 Å². The summed E-state index contributed by atoms with van der Waals surface area (Å²) in [5.74, 6) is 1.31. The first kappa shape index (κ1) is 12.0. The van der Waals surface area contributed by atoms with Gasteiger partial charge in [-0.3, -0.25) is 0 Å². The van der Waals surface area contributed by atoms with Gasteiger partial charge >= 0.3 is 0 Å². The zero-order valence-electron chi connectivity index (χ0n) is 10.8. The van der Waals surface area contributed by atoms with E-state index in [0.717, 1.165) is 22.5 Å². The number of aryl methyl sites for hydroxylation is 1. The van der Waals surface area contributed by atoms with Gasteiger partial charge < -0.3 is 15.0 Å². The molecule has 6 heteroatoms. The Morgan fingerprint density at radius 1 is 1.42 bits per heavy atom. The molecule has 1 aromatic carbocycles. The number of methoxy groups -OCH3 is 1. The fourth-order valence-electron chi connectivity index (χ4n) is 2.04. The largest absolute Gasteiger partial charge is 0.497 e. The van der Waals surface area contributed by atoms with Gasteiger partial charge in [0.15, 0.2) is 0 Å². The van der Waals surface area contributed by atoms with Crippen LogP contribution < -0.4 is 10.5 Å². The Balaban J connectivity index is 2.11. The van der Waals surface area contributed by atoms with Crippen LogP contribution in [0.4, 0.5) is 5.95 Å². The van der Waals surface area contributed by atoms with Crippen molar-refractivity contribution in [2.45, 2.75) is 13.5 Å². The summed E-state index contributed by atoms with van der Waals surface area (Å²) < 4.78 is 7.24. The maximum atomic E-state index is 6.01. The number of nitrogen functional groups attached to an aromatic ring is 1. The number of aromatic nitrogens is 3. The number of hydrogen-bond donors (Lipinski definition) is 1. The first-order valence-corrected chi connectivity index (χ1v) is 6.75. The molecular formula is C13H14N4OS. The summed E-state index contributed by atoms with van der Waals surface area (Å²) >= 11 is 1.63. The molecule has 5 nitrogen and oxygen atoms in total. The lowest BCUT2D eigenvalue weighted by atomic mass is 10.3. The van der Waals surface area contributed by atoms with Crippen LogP contribution in [0, 0.1) is 6.92 Å². The smallest absolute Gasteiger partial charge is 0.201 e. The van der Waals surface area contributed by atoms with Gasteiger partial charge in [-0.1, -0.05) is 0 Å². The van der Waals surface area contributed by atoms with Gasteiger partial charge in [-0.15, -0.1) is 11.3 Å². The van der Waals surface area contributed by atoms with E-state index in [0.29, 0.717) is 12.5 Å². The van der Waals surface area contributed by atoms with Crippen LogP contribution in [0.1, 0.15) is 10.6 Å². The van der Waals surface area contributed by atoms with Gasteiger partial charge in [0.05, 0.1) is 35.9 Å². The lowest BCUT2D eigenvalue weighted by Gasteiger charge is -2.06. The molecule has 0 unspecified atom stereocenters. The Kier molecular flexibility index (Phi) is 2.87. The number of rotatable bonds is 3. The number of thiazole rings is 1. The lowest BCUT2D eigenvalue weighted by molar-refractivity contribution is 0.415. The molecule has 2 heterocycles. The summed E-state index contributed by atoms with van der Waals surface area (Å²) in [6, 6.07) is 5.76. The molecule has 0 aliphatic rings. The van der Waals surface area contributed by atoms with E-state index >= 15 is 0 Å². The van der Waals surface area contributed by atoms with Crippen molar-refractivity contribution in [1.29, 1.82) is 0 Å². The molecule has 0 fully saturated rings. The van der Waals surface area contributed by atoms with Crippen LogP contribution in [0.25, 0.3) is 11.0 Å². The molecule has 0 atom stereocenters. The second kappa shape index (κ2) is 4.55. The van der Waals surface area contributed by atoms with Crippen molar-refractivity contribution in [2.75, 3.05) is 12.8 Å². The summed E-state index contributed by atoms with van der Waals surface area (Å²) in [4.78, 5) is 9.82. The van der Waals surface area contributed by atoms with E-state index in [9.17, 15) is 0 Å². The quantitative estimate of drug-likeness (QED) is 0.796. The standard InChI is InChI=1S/C13H14N4OS/c1-8-12(19-7-15-8)6-17-11-5-9(18-2)3-4-10(11)16-13(17)14/h3-5,7H,6H2,1-2H3,(H2,14,16). The minimum absolute atomic E-state index is 0.510. The van der Waals surface area contributed by atoms with Crippen LogP contribution in [-0.4, -0.2) is 21.6 Å². The number of nitrogens with two attached hydrogens (primary N) is 1. The Morgan fingerprint density at radius 2 is 2.26 bits per heavy atom. The third kappa shape index (κ3) is 2.04. The van der Waals surface area contributed by atoms with Gasteiger partial charge in [-0.2, -0.15) is 0 Å². The number of nitrogens with zero attached hydrogens (tertiary/aromatic N) is 3. The van der Waals surface area contributed by atoms with E-state index in [2.05, 4.69) is 9.97 Å². The van der Waals surface area contributed by atoms with E-state index in [1.807, 2.05) is 35.2 Å². The molecular weight excluding hydrogens is 260 g/mol. The molecule has 0 saturated heterocycles. The molecule has 0 spiro atoms. The van der Waals surface area contributed by atoms with Crippen molar-refractivity contribution in [1.82, 2.24) is 14.5 Å². The maximum absolute atomic E-state index is 6.01. The number of hydrogen-bond acceptors (Lipinski definition) is 5. The van der Waals surface area contributed by atoms with E-state index in [1.165, 1.54) is 4.88 Å². The fourth-order valence-corrected chi connectivity index (χ4v) is 2.80. The van der Waals surface area contributed by atoms with Gasteiger partial charge in [0.25, 0.3) is 0 Å². The zero-order chi connectivity index (χ0) is 13.4. The normalized spacial score (nSPS) is 11.1. The van der Waals surface area contributed by atoms with Crippen LogP contribution in [-0.2, 0) is 6.54 Å². The van der Waals surface area contributed by atoms with Crippen molar-refractivity contribution in [3.05, 3.63) is 34.3 Å². The summed E-state index contributed by atoms with van der Waals surface area (Å²) in [6.45, 7) is 2.69. The van der Waals surface area contributed by atoms with E-state index in [1.54, 1.807) is 18.4 Å². The second-order valence-corrected chi connectivity index (χ2v) is 5.21. The molecule has 3 aromatic rings. The number of anilines is 1. The molecule has 0 aliphatic heterocycles. The third-order valence-electron chi connectivity index (χ3n) is 3.13. The summed E-state index contributed by atoms with van der Waals surface area (Å²) in [5.41, 5.74) is 10.7. The highest BCUT2D eigenvalue weighted by Crippen LogP contribution is 2.25. The highest BCUT2D eigenvalue weighted by molar-refractivity contribution is 7.09. The Bertz CT molecular complexity index is 731. The Morgan fingerprint density at radius 3 is 2.95 bits per heavy atom. The van der Waals surface area contributed by atoms with Crippen LogP contribution in [0.5, 0.6) is 5.75 Å². The molecule has 2 N–H and O–H groups in total. The highest BCUT2D eigenvalue weighted by atomic mass is 32.1. The second-order valence-electron chi connectivity index (χ2n) is 4.27. The third-order valence-corrected chi connectivity index (χ3v) is 4.05. The SMILES string of the molecule is COc1ccc2nc(N)n(Cc3scnc3C)c2c1. The molecule has 0 saturated carbocycles. The van der Waals surface area contributed by atoms with Crippen LogP contribution >= 0.6 is 11.3 Å². The number of imidazole rings is 1. The number of benzene rings is 1. The van der Waals surface area contributed by atoms with Crippen LogP contribution in [0.3, 0.4) is 0 Å². The van der Waals surface area contributed by atoms with E-state index < -0.39 is 0 Å². The molecule has 19 heavy (non-hydrogen) atoms. The predicted molar refractivity (Wildman–Crippen MR) is 76.7 cm³/mol. The van der Waals surface area contributed by atoms with Crippen molar-refractivity contribution in [3.8, 4) is 5.75 Å². The Labute approximate surface area is 114 Å².